The average Bonchev–Trinajstić information content (AvgIpc) is 3.56. The Kier molecular flexibility index (Phi) is 5.27. The van der Waals surface area contributed by atoms with Crippen molar-refractivity contribution < 1.29 is 27.2 Å². The van der Waals surface area contributed by atoms with Crippen molar-refractivity contribution in [2.75, 3.05) is 13.1 Å². The molecule has 3 amide bonds. The quantitative estimate of drug-likeness (QED) is 0.627. The van der Waals surface area contributed by atoms with Crippen LogP contribution in [0.1, 0.15) is 72.5 Å². The number of carbonyl (C=O) groups is 2. The number of alkyl halides is 3. The van der Waals surface area contributed by atoms with Gasteiger partial charge < -0.3 is 9.32 Å². The van der Waals surface area contributed by atoms with E-state index in [-0.39, 0.29) is 28.9 Å². The Morgan fingerprint density at radius 3 is 2.44 bits per heavy atom. The predicted molar refractivity (Wildman–Crippen MR) is 111 cm³/mol. The second kappa shape index (κ2) is 7.86. The number of furan rings is 1. The first-order valence-electron chi connectivity index (χ1n) is 11.0. The maximum absolute atomic E-state index is 13.7. The van der Waals surface area contributed by atoms with Gasteiger partial charge in [-0.15, -0.1) is 0 Å². The Hall–Kier alpha value is -2.42. The van der Waals surface area contributed by atoms with Crippen LogP contribution < -0.4 is 5.43 Å². The molecule has 172 valence electrons. The number of urea groups is 1. The van der Waals surface area contributed by atoms with E-state index in [1.807, 2.05) is 0 Å². The number of rotatable bonds is 3. The molecule has 0 radical (unpaired) electrons. The summed E-state index contributed by atoms with van der Waals surface area (Å²) in [7, 11) is 0. The van der Waals surface area contributed by atoms with E-state index in [2.05, 4.69) is 5.43 Å². The number of hydrogen-bond donors (Lipinski definition) is 1. The van der Waals surface area contributed by atoms with Crippen LogP contribution >= 0.6 is 11.6 Å². The average molecular weight is 470 g/mol. The standard InChI is InChI=1S/C22H23ClF3N3O3/c23-17-15-10-13(12-6-7-12)11-16(22(24,25)26)18(15)32-19(17)20(30)29-9-8-28(21(31)27-29)14-4-2-1-3-5-14/h10-12,14H,1-9H2,(H,27,31). The fourth-order valence-electron chi connectivity index (χ4n) is 4.75. The summed E-state index contributed by atoms with van der Waals surface area (Å²) in [5, 5.41) is 0.973. The van der Waals surface area contributed by atoms with Crippen molar-refractivity contribution in [1.82, 2.24) is 15.3 Å². The highest BCUT2D eigenvalue weighted by Gasteiger charge is 2.39. The molecular formula is C22H23ClF3N3O3. The van der Waals surface area contributed by atoms with Crippen LogP contribution in [0.15, 0.2) is 16.5 Å². The smallest absolute Gasteiger partial charge is 0.420 e. The summed E-state index contributed by atoms with van der Waals surface area (Å²) in [6.07, 6.45) is 2.14. The highest BCUT2D eigenvalue weighted by Crippen LogP contribution is 2.46. The van der Waals surface area contributed by atoms with E-state index in [1.54, 1.807) is 11.0 Å². The fraction of sp³-hybridized carbons (Fsp3) is 0.545. The molecule has 5 rings (SSSR count). The Balaban J connectivity index is 1.43. The van der Waals surface area contributed by atoms with E-state index in [1.165, 1.54) is 0 Å². The van der Waals surface area contributed by atoms with Crippen molar-refractivity contribution in [3.8, 4) is 0 Å². The van der Waals surface area contributed by atoms with E-state index in [0.29, 0.717) is 12.1 Å². The molecule has 1 aromatic carbocycles. The van der Waals surface area contributed by atoms with Crippen molar-refractivity contribution in [3.05, 3.63) is 34.0 Å². The van der Waals surface area contributed by atoms with Crippen LogP contribution in [0.2, 0.25) is 5.02 Å². The molecule has 10 heteroatoms. The van der Waals surface area contributed by atoms with Crippen molar-refractivity contribution >= 4 is 34.5 Å². The number of halogens is 4. The normalized spacial score (nSPS) is 20.7. The molecular weight excluding hydrogens is 447 g/mol. The van der Waals surface area contributed by atoms with Gasteiger partial charge in [0.1, 0.15) is 10.6 Å². The highest BCUT2D eigenvalue weighted by atomic mass is 35.5. The summed E-state index contributed by atoms with van der Waals surface area (Å²) in [6.45, 7) is 0.535. The zero-order valence-electron chi connectivity index (χ0n) is 17.3. The Morgan fingerprint density at radius 1 is 1.09 bits per heavy atom. The molecule has 1 N–H and O–H groups in total. The van der Waals surface area contributed by atoms with Gasteiger partial charge >= 0.3 is 18.1 Å². The molecule has 6 nitrogen and oxygen atoms in total. The fourth-order valence-corrected chi connectivity index (χ4v) is 5.01. The molecule has 2 aliphatic carbocycles. The Labute approximate surface area is 187 Å². The largest absolute Gasteiger partial charge is 0.449 e. The van der Waals surface area contributed by atoms with Gasteiger partial charge in [0, 0.05) is 18.0 Å². The van der Waals surface area contributed by atoms with Gasteiger partial charge in [-0.05, 0) is 49.3 Å². The molecule has 0 atom stereocenters. The van der Waals surface area contributed by atoms with Gasteiger partial charge in [-0.1, -0.05) is 30.9 Å². The number of benzene rings is 1. The summed E-state index contributed by atoms with van der Waals surface area (Å²) < 4.78 is 46.5. The van der Waals surface area contributed by atoms with Crippen LogP contribution in [0.5, 0.6) is 0 Å². The van der Waals surface area contributed by atoms with Gasteiger partial charge in [-0.3, -0.25) is 4.79 Å². The SMILES string of the molecule is O=C(c1oc2c(C(F)(F)F)cc(C3CC3)cc2c1Cl)N1CCN(C2CCCCC2)C(=O)N1. The molecule has 1 aliphatic heterocycles. The maximum atomic E-state index is 13.7. The highest BCUT2D eigenvalue weighted by molar-refractivity contribution is 6.38. The van der Waals surface area contributed by atoms with Crippen molar-refractivity contribution in [1.29, 1.82) is 0 Å². The van der Waals surface area contributed by atoms with Crippen LogP contribution in [-0.2, 0) is 6.18 Å². The Bertz CT molecular complexity index is 1070. The first-order chi connectivity index (χ1) is 15.2. The predicted octanol–water partition coefficient (Wildman–Crippen LogP) is 5.70. The number of amides is 3. The van der Waals surface area contributed by atoms with Crippen molar-refractivity contribution in [3.63, 3.8) is 0 Å². The number of nitrogens with zero attached hydrogens (tertiary/aromatic N) is 2. The van der Waals surface area contributed by atoms with Crippen molar-refractivity contribution in [2.24, 2.45) is 0 Å². The minimum absolute atomic E-state index is 0.0674. The topological polar surface area (TPSA) is 65.8 Å². The van der Waals surface area contributed by atoms with Crippen LogP contribution in [-0.4, -0.2) is 41.0 Å². The van der Waals surface area contributed by atoms with Gasteiger partial charge in [0.05, 0.1) is 12.1 Å². The first kappa shape index (κ1) is 21.4. The van der Waals surface area contributed by atoms with Crippen LogP contribution in [0.4, 0.5) is 18.0 Å². The van der Waals surface area contributed by atoms with Crippen molar-refractivity contribution in [2.45, 2.75) is 63.1 Å². The molecule has 1 aromatic heterocycles. The molecule has 32 heavy (non-hydrogen) atoms. The summed E-state index contributed by atoms with van der Waals surface area (Å²) in [5.74, 6) is -1.09. The third-order valence-corrected chi connectivity index (χ3v) is 6.99. The first-order valence-corrected chi connectivity index (χ1v) is 11.3. The molecule has 2 aromatic rings. The number of hydrogen-bond acceptors (Lipinski definition) is 3. The lowest BCUT2D eigenvalue weighted by Crippen LogP contribution is -2.61. The summed E-state index contributed by atoms with van der Waals surface area (Å²) in [4.78, 5) is 27.4. The number of hydrazine groups is 1. The summed E-state index contributed by atoms with van der Waals surface area (Å²) in [5.41, 5.74) is 1.69. The van der Waals surface area contributed by atoms with E-state index in [4.69, 9.17) is 16.0 Å². The van der Waals surface area contributed by atoms with Gasteiger partial charge in [-0.2, -0.15) is 13.2 Å². The van der Waals surface area contributed by atoms with E-state index < -0.39 is 35.0 Å². The molecule has 3 aliphatic rings. The minimum Gasteiger partial charge on any atom is -0.449 e. The molecule has 1 saturated heterocycles. The third kappa shape index (κ3) is 3.80. The molecule has 3 fully saturated rings. The number of fused-ring (bicyclic) bond motifs is 1. The summed E-state index contributed by atoms with van der Waals surface area (Å²) >= 11 is 6.35. The van der Waals surface area contributed by atoms with E-state index in [0.717, 1.165) is 56.0 Å². The summed E-state index contributed by atoms with van der Waals surface area (Å²) in [6, 6.07) is 2.41. The second-order valence-corrected chi connectivity index (χ2v) is 9.20. The molecule has 2 saturated carbocycles. The van der Waals surface area contributed by atoms with Crippen LogP contribution in [0.3, 0.4) is 0 Å². The third-order valence-electron chi connectivity index (χ3n) is 6.62. The van der Waals surface area contributed by atoms with E-state index >= 15 is 0 Å². The zero-order valence-corrected chi connectivity index (χ0v) is 18.1. The molecule has 0 bridgehead atoms. The Morgan fingerprint density at radius 2 is 1.81 bits per heavy atom. The van der Waals surface area contributed by atoms with E-state index in [9.17, 15) is 22.8 Å². The molecule has 0 spiro atoms. The minimum atomic E-state index is -4.65. The number of nitrogens with one attached hydrogen (secondary N) is 1. The second-order valence-electron chi connectivity index (χ2n) is 8.82. The lowest BCUT2D eigenvalue weighted by atomic mass is 9.94. The van der Waals surface area contributed by atoms with Gasteiger partial charge in [0.2, 0.25) is 5.76 Å². The molecule has 2 heterocycles. The van der Waals surface area contributed by atoms with Gasteiger partial charge in [0.25, 0.3) is 0 Å². The lowest BCUT2D eigenvalue weighted by molar-refractivity contribution is -0.136. The van der Waals surface area contributed by atoms with Gasteiger partial charge in [-0.25, -0.2) is 15.2 Å². The molecule has 0 unspecified atom stereocenters. The number of carbonyl (C=O) groups excluding carboxylic acids is 2. The van der Waals surface area contributed by atoms with Crippen LogP contribution in [0, 0.1) is 0 Å². The van der Waals surface area contributed by atoms with Gasteiger partial charge in [0.15, 0.2) is 0 Å². The maximum Gasteiger partial charge on any atom is 0.420 e. The monoisotopic (exact) mass is 469 g/mol. The zero-order chi connectivity index (χ0) is 22.6. The lowest BCUT2D eigenvalue weighted by Gasteiger charge is -2.40. The van der Waals surface area contributed by atoms with Crippen LogP contribution in [0.25, 0.3) is 11.0 Å².